The van der Waals surface area contributed by atoms with Crippen molar-refractivity contribution < 1.29 is 9.47 Å². The predicted molar refractivity (Wildman–Crippen MR) is 107 cm³/mol. The highest BCUT2D eigenvalue weighted by Crippen LogP contribution is 2.19. The fourth-order valence-electron chi connectivity index (χ4n) is 2.91. The smallest absolute Gasteiger partial charge is 0.0813 e. The van der Waals surface area contributed by atoms with Crippen LogP contribution in [-0.2, 0) is 9.47 Å². The Balaban J connectivity index is 0.00000118. The van der Waals surface area contributed by atoms with Gasteiger partial charge in [-0.3, -0.25) is 0 Å². The molecule has 146 valence electrons. The number of ether oxygens (including phenoxy) is 2. The predicted octanol–water partition coefficient (Wildman–Crippen LogP) is 7.30. The van der Waals surface area contributed by atoms with E-state index in [-0.39, 0.29) is 0 Å². The van der Waals surface area contributed by atoms with Crippen LogP contribution in [0.25, 0.3) is 0 Å². The van der Waals surface area contributed by atoms with Crippen molar-refractivity contribution in [2.24, 2.45) is 0 Å². The average molecular weight is 343 g/mol. The van der Waals surface area contributed by atoms with Crippen molar-refractivity contribution in [2.45, 2.75) is 130 Å². The minimum Gasteiger partial charge on any atom is -0.379 e. The lowest BCUT2D eigenvalue weighted by Crippen LogP contribution is -2.16. The first kappa shape index (κ1) is 23.9. The standard InChI is InChI=1S/C18H36O2.C4H10/c1-3-4-5-6-7-8-9-10-11-12-15-19-16-18-14-13-17(2)20-18;1-3-4-2/h17-18H,3-16H2,1-2H3;3-4H2,1-2H3/t17?,18-;/m1./s1. The molecule has 1 heterocycles. The molecular weight excluding hydrogens is 296 g/mol. The van der Waals surface area contributed by atoms with Crippen molar-refractivity contribution in [1.29, 1.82) is 0 Å². The first-order valence-corrected chi connectivity index (χ1v) is 11.0. The van der Waals surface area contributed by atoms with E-state index in [1.54, 1.807) is 0 Å². The molecule has 0 radical (unpaired) electrons. The van der Waals surface area contributed by atoms with Crippen LogP contribution in [-0.4, -0.2) is 25.4 Å². The molecule has 1 aliphatic heterocycles. The van der Waals surface area contributed by atoms with Gasteiger partial charge in [-0.1, -0.05) is 91.4 Å². The molecule has 2 heteroatoms. The molecule has 0 bridgehead atoms. The summed E-state index contributed by atoms with van der Waals surface area (Å²) in [5.74, 6) is 0. The molecule has 0 spiro atoms. The minimum absolute atomic E-state index is 0.369. The molecule has 0 N–H and O–H groups in total. The van der Waals surface area contributed by atoms with E-state index in [4.69, 9.17) is 9.47 Å². The first-order valence-electron chi connectivity index (χ1n) is 11.0. The van der Waals surface area contributed by atoms with Gasteiger partial charge in [0.25, 0.3) is 0 Å². The van der Waals surface area contributed by atoms with Gasteiger partial charge in [-0.05, 0) is 26.2 Å². The lowest BCUT2D eigenvalue weighted by molar-refractivity contribution is -0.00989. The third-order valence-corrected chi connectivity index (χ3v) is 4.77. The zero-order valence-electron chi connectivity index (χ0n) is 17.3. The van der Waals surface area contributed by atoms with Gasteiger partial charge < -0.3 is 9.47 Å². The molecule has 1 rings (SSSR count). The van der Waals surface area contributed by atoms with E-state index in [9.17, 15) is 0 Å². The van der Waals surface area contributed by atoms with Gasteiger partial charge in [0.1, 0.15) is 0 Å². The molecule has 2 atom stereocenters. The second-order valence-corrected chi connectivity index (χ2v) is 7.40. The van der Waals surface area contributed by atoms with Gasteiger partial charge >= 0.3 is 0 Å². The molecule has 0 aromatic rings. The summed E-state index contributed by atoms with van der Waals surface area (Å²) in [5, 5.41) is 0. The Morgan fingerprint density at radius 1 is 0.708 bits per heavy atom. The molecule has 1 aliphatic rings. The van der Waals surface area contributed by atoms with E-state index >= 15 is 0 Å². The van der Waals surface area contributed by atoms with Gasteiger partial charge in [-0.2, -0.15) is 0 Å². The van der Waals surface area contributed by atoms with E-state index in [2.05, 4.69) is 27.7 Å². The number of unbranched alkanes of at least 4 members (excludes halogenated alkanes) is 10. The molecule has 1 fully saturated rings. The summed E-state index contributed by atoms with van der Waals surface area (Å²) in [6.07, 6.45) is 19.7. The van der Waals surface area contributed by atoms with E-state index < -0.39 is 0 Å². The lowest BCUT2D eigenvalue weighted by atomic mass is 10.1. The summed E-state index contributed by atoms with van der Waals surface area (Å²) in [6, 6.07) is 0. The van der Waals surface area contributed by atoms with Gasteiger partial charge in [-0.15, -0.1) is 0 Å². The molecule has 0 amide bonds. The average Bonchev–Trinajstić information content (AvgIpc) is 3.01. The molecule has 0 aliphatic carbocycles. The minimum atomic E-state index is 0.369. The van der Waals surface area contributed by atoms with E-state index in [0.29, 0.717) is 12.2 Å². The Bertz CT molecular complexity index is 228. The van der Waals surface area contributed by atoms with Crippen LogP contribution in [0.5, 0.6) is 0 Å². The SMILES string of the molecule is CCCC.CCCCCCCCCCCCOC[C@H]1CCC(C)O1. The lowest BCUT2D eigenvalue weighted by Gasteiger charge is -2.11. The molecule has 0 aromatic carbocycles. The summed E-state index contributed by atoms with van der Waals surface area (Å²) in [7, 11) is 0. The monoisotopic (exact) mass is 342 g/mol. The van der Waals surface area contributed by atoms with Crippen LogP contribution in [0.2, 0.25) is 0 Å². The molecule has 24 heavy (non-hydrogen) atoms. The fourth-order valence-corrected chi connectivity index (χ4v) is 2.91. The third-order valence-electron chi connectivity index (χ3n) is 4.77. The normalized spacial score (nSPS) is 20.0. The number of hydrogen-bond acceptors (Lipinski definition) is 2. The van der Waals surface area contributed by atoms with Gasteiger partial charge in [0.2, 0.25) is 0 Å². The van der Waals surface area contributed by atoms with E-state index in [1.807, 2.05) is 0 Å². The van der Waals surface area contributed by atoms with E-state index in [0.717, 1.165) is 13.2 Å². The maximum Gasteiger partial charge on any atom is 0.0813 e. The van der Waals surface area contributed by atoms with Crippen LogP contribution in [0, 0.1) is 0 Å². The molecule has 1 unspecified atom stereocenters. The van der Waals surface area contributed by atoms with Crippen molar-refractivity contribution in [1.82, 2.24) is 0 Å². The van der Waals surface area contributed by atoms with Crippen LogP contribution in [0.3, 0.4) is 0 Å². The van der Waals surface area contributed by atoms with Crippen LogP contribution >= 0.6 is 0 Å². The Morgan fingerprint density at radius 2 is 1.25 bits per heavy atom. The Hall–Kier alpha value is -0.0800. The number of rotatable bonds is 14. The quantitative estimate of drug-likeness (QED) is 0.308. The Morgan fingerprint density at radius 3 is 1.71 bits per heavy atom. The first-order chi connectivity index (χ1) is 11.7. The summed E-state index contributed by atoms with van der Waals surface area (Å²) in [4.78, 5) is 0. The zero-order chi connectivity index (χ0) is 17.9. The molecule has 0 saturated carbocycles. The van der Waals surface area contributed by atoms with E-state index in [1.165, 1.54) is 89.9 Å². The molecule has 0 aromatic heterocycles. The van der Waals surface area contributed by atoms with Crippen LogP contribution in [0.1, 0.15) is 118 Å². The van der Waals surface area contributed by atoms with Gasteiger partial charge in [0, 0.05) is 6.61 Å². The maximum atomic E-state index is 5.74. The highest BCUT2D eigenvalue weighted by molar-refractivity contribution is 4.69. The van der Waals surface area contributed by atoms with Gasteiger partial charge in [-0.25, -0.2) is 0 Å². The second kappa shape index (κ2) is 19.2. The topological polar surface area (TPSA) is 18.5 Å². The highest BCUT2D eigenvalue weighted by atomic mass is 16.5. The fraction of sp³-hybridized carbons (Fsp3) is 1.00. The Labute approximate surface area is 153 Å². The van der Waals surface area contributed by atoms with Gasteiger partial charge in [0.05, 0.1) is 18.8 Å². The van der Waals surface area contributed by atoms with Crippen LogP contribution in [0.4, 0.5) is 0 Å². The van der Waals surface area contributed by atoms with Gasteiger partial charge in [0.15, 0.2) is 0 Å². The zero-order valence-corrected chi connectivity index (χ0v) is 17.3. The van der Waals surface area contributed by atoms with Crippen molar-refractivity contribution in [3.63, 3.8) is 0 Å². The van der Waals surface area contributed by atoms with Crippen molar-refractivity contribution >= 4 is 0 Å². The Kier molecular flexibility index (Phi) is 19.2. The van der Waals surface area contributed by atoms with Crippen molar-refractivity contribution in [3.05, 3.63) is 0 Å². The van der Waals surface area contributed by atoms with Crippen molar-refractivity contribution in [2.75, 3.05) is 13.2 Å². The molecule has 1 saturated heterocycles. The third kappa shape index (κ3) is 16.8. The summed E-state index contributed by atoms with van der Waals surface area (Å²) < 4.78 is 11.4. The summed E-state index contributed by atoms with van der Waals surface area (Å²) >= 11 is 0. The second-order valence-electron chi connectivity index (χ2n) is 7.40. The molecular formula is C22H46O2. The maximum absolute atomic E-state index is 5.74. The number of hydrogen-bond donors (Lipinski definition) is 0. The largest absolute Gasteiger partial charge is 0.379 e. The molecule has 2 nitrogen and oxygen atoms in total. The highest BCUT2D eigenvalue weighted by Gasteiger charge is 2.21. The summed E-state index contributed by atoms with van der Waals surface area (Å²) in [6.45, 7) is 10.5. The summed E-state index contributed by atoms with van der Waals surface area (Å²) in [5.41, 5.74) is 0. The van der Waals surface area contributed by atoms with Crippen LogP contribution < -0.4 is 0 Å². The van der Waals surface area contributed by atoms with Crippen molar-refractivity contribution in [3.8, 4) is 0 Å². The van der Waals surface area contributed by atoms with Crippen LogP contribution in [0.15, 0.2) is 0 Å².